The molecule has 0 rings (SSSR count). The molecule has 0 aliphatic heterocycles. The van der Waals surface area contributed by atoms with Gasteiger partial charge < -0.3 is 10.2 Å². The topological polar surface area (TPSA) is 32.3 Å². The molecule has 1 atom stereocenters. The molecular weight excluding hydrogens is 188 g/mol. The molecule has 3 nitrogen and oxygen atoms in total. The van der Waals surface area contributed by atoms with E-state index in [1.165, 1.54) is 0 Å². The van der Waals surface area contributed by atoms with E-state index in [-0.39, 0.29) is 11.8 Å². The van der Waals surface area contributed by atoms with E-state index in [2.05, 4.69) is 19.2 Å². The van der Waals surface area contributed by atoms with Gasteiger partial charge in [0, 0.05) is 25.6 Å². The maximum absolute atomic E-state index is 11.9. The van der Waals surface area contributed by atoms with Gasteiger partial charge in [0.2, 0.25) is 5.91 Å². The van der Waals surface area contributed by atoms with Gasteiger partial charge in [0.05, 0.1) is 0 Å². The molecule has 1 amide bonds. The van der Waals surface area contributed by atoms with E-state index in [1.807, 2.05) is 25.7 Å². The molecule has 15 heavy (non-hydrogen) atoms. The maximum atomic E-state index is 11.9. The van der Waals surface area contributed by atoms with Crippen LogP contribution in [0.3, 0.4) is 0 Å². The van der Waals surface area contributed by atoms with E-state index < -0.39 is 0 Å². The Morgan fingerprint density at radius 3 is 2.07 bits per heavy atom. The molecule has 0 saturated heterocycles. The van der Waals surface area contributed by atoms with Gasteiger partial charge in [0.25, 0.3) is 0 Å². The van der Waals surface area contributed by atoms with Crippen molar-refractivity contribution >= 4 is 5.91 Å². The van der Waals surface area contributed by atoms with Crippen LogP contribution < -0.4 is 5.32 Å². The van der Waals surface area contributed by atoms with Crippen LogP contribution in [0.15, 0.2) is 0 Å². The van der Waals surface area contributed by atoms with Crippen molar-refractivity contribution in [2.45, 2.75) is 34.6 Å². The highest BCUT2D eigenvalue weighted by molar-refractivity contribution is 5.78. The second kappa shape index (κ2) is 7.69. The number of carbonyl (C=O) groups is 1. The molecule has 0 aromatic heterocycles. The highest BCUT2D eigenvalue weighted by atomic mass is 16.2. The van der Waals surface area contributed by atoms with E-state index in [0.29, 0.717) is 5.92 Å². The third-order valence-electron chi connectivity index (χ3n) is 2.50. The van der Waals surface area contributed by atoms with Crippen molar-refractivity contribution in [3.05, 3.63) is 0 Å². The number of nitrogens with zero attached hydrogens (tertiary/aromatic N) is 1. The van der Waals surface area contributed by atoms with Gasteiger partial charge in [-0.3, -0.25) is 4.79 Å². The van der Waals surface area contributed by atoms with E-state index in [4.69, 9.17) is 0 Å². The summed E-state index contributed by atoms with van der Waals surface area (Å²) in [5.74, 6) is 0.987. The van der Waals surface area contributed by atoms with Gasteiger partial charge >= 0.3 is 0 Å². The Hall–Kier alpha value is -0.570. The Kier molecular flexibility index (Phi) is 7.39. The average Bonchev–Trinajstić information content (AvgIpc) is 2.18. The Morgan fingerprint density at radius 1 is 1.13 bits per heavy atom. The summed E-state index contributed by atoms with van der Waals surface area (Å²) in [7, 11) is 0. The number of hydrogen-bond acceptors (Lipinski definition) is 2. The minimum Gasteiger partial charge on any atom is -0.343 e. The summed E-state index contributed by atoms with van der Waals surface area (Å²) >= 11 is 0. The van der Waals surface area contributed by atoms with Gasteiger partial charge in [0.1, 0.15) is 0 Å². The largest absolute Gasteiger partial charge is 0.343 e. The van der Waals surface area contributed by atoms with E-state index in [9.17, 15) is 4.79 Å². The molecule has 1 N–H and O–H groups in total. The Morgan fingerprint density at radius 2 is 1.67 bits per heavy atom. The fourth-order valence-corrected chi connectivity index (χ4v) is 1.52. The van der Waals surface area contributed by atoms with Crippen molar-refractivity contribution in [3.8, 4) is 0 Å². The summed E-state index contributed by atoms with van der Waals surface area (Å²) in [6.45, 7) is 13.8. The van der Waals surface area contributed by atoms with Gasteiger partial charge in [-0.1, -0.05) is 20.8 Å². The van der Waals surface area contributed by atoms with Crippen molar-refractivity contribution in [3.63, 3.8) is 0 Å². The molecule has 0 fully saturated rings. The number of rotatable bonds is 7. The van der Waals surface area contributed by atoms with Crippen LogP contribution in [0, 0.1) is 11.8 Å². The first-order chi connectivity index (χ1) is 7.02. The highest BCUT2D eigenvalue weighted by Gasteiger charge is 2.17. The summed E-state index contributed by atoms with van der Waals surface area (Å²) < 4.78 is 0. The molecular formula is C12H26N2O. The van der Waals surface area contributed by atoms with Crippen LogP contribution in [0.2, 0.25) is 0 Å². The second-order valence-electron chi connectivity index (χ2n) is 4.46. The van der Waals surface area contributed by atoms with Gasteiger partial charge in [0.15, 0.2) is 0 Å². The predicted molar refractivity (Wildman–Crippen MR) is 64.8 cm³/mol. The van der Waals surface area contributed by atoms with Crippen LogP contribution in [-0.2, 0) is 4.79 Å². The number of amides is 1. The zero-order valence-electron chi connectivity index (χ0n) is 10.8. The normalized spacial score (nSPS) is 12.9. The monoisotopic (exact) mass is 214 g/mol. The van der Waals surface area contributed by atoms with Gasteiger partial charge in [-0.2, -0.15) is 0 Å². The van der Waals surface area contributed by atoms with Crippen molar-refractivity contribution in [2.24, 2.45) is 11.8 Å². The Labute approximate surface area is 94.2 Å². The molecule has 90 valence electrons. The maximum Gasteiger partial charge on any atom is 0.226 e. The van der Waals surface area contributed by atoms with Gasteiger partial charge in [-0.05, 0) is 26.3 Å². The summed E-state index contributed by atoms with van der Waals surface area (Å²) in [5.41, 5.74) is 0. The molecule has 1 unspecified atom stereocenters. The molecule has 0 bridgehead atoms. The second-order valence-corrected chi connectivity index (χ2v) is 4.46. The quantitative estimate of drug-likeness (QED) is 0.700. The fourth-order valence-electron chi connectivity index (χ4n) is 1.52. The lowest BCUT2D eigenvalue weighted by molar-refractivity contribution is -0.134. The third-order valence-corrected chi connectivity index (χ3v) is 2.50. The number of nitrogens with one attached hydrogen (secondary N) is 1. The summed E-state index contributed by atoms with van der Waals surface area (Å²) in [6, 6.07) is 0. The minimum absolute atomic E-state index is 0.0867. The van der Waals surface area contributed by atoms with Crippen LogP contribution in [-0.4, -0.2) is 37.0 Å². The lowest BCUT2D eigenvalue weighted by Gasteiger charge is -2.23. The molecule has 0 heterocycles. The van der Waals surface area contributed by atoms with E-state index in [0.717, 1.165) is 26.2 Å². The number of carbonyl (C=O) groups excluding carboxylic acids is 1. The molecule has 0 saturated carbocycles. The molecule has 0 aliphatic rings. The van der Waals surface area contributed by atoms with Crippen LogP contribution in [0.4, 0.5) is 0 Å². The highest BCUT2D eigenvalue weighted by Crippen LogP contribution is 2.01. The molecule has 0 spiro atoms. The van der Waals surface area contributed by atoms with E-state index >= 15 is 0 Å². The predicted octanol–water partition coefficient (Wildman–Crippen LogP) is 1.74. The first kappa shape index (κ1) is 14.4. The SMILES string of the molecule is CCN(CC)C(=O)C(C)CNCC(C)C. The van der Waals surface area contributed by atoms with Crippen molar-refractivity contribution in [1.29, 1.82) is 0 Å². The smallest absolute Gasteiger partial charge is 0.226 e. The average molecular weight is 214 g/mol. The molecule has 0 aromatic carbocycles. The first-order valence-corrected chi connectivity index (χ1v) is 6.02. The van der Waals surface area contributed by atoms with Crippen LogP contribution in [0.1, 0.15) is 34.6 Å². The first-order valence-electron chi connectivity index (χ1n) is 6.02. The Bertz CT molecular complexity index is 176. The lowest BCUT2D eigenvalue weighted by atomic mass is 10.1. The van der Waals surface area contributed by atoms with Gasteiger partial charge in [-0.15, -0.1) is 0 Å². The van der Waals surface area contributed by atoms with Crippen LogP contribution in [0.25, 0.3) is 0 Å². The van der Waals surface area contributed by atoms with Gasteiger partial charge in [-0.25, -0.2) is 0 Å². The molecule has 0 aliphatic carbocycles. The van der Waals surface area contributed by atoms with Crippen molar-refractivity contribution in [2.75, 3.05) is 26.2 Å². The zero-order chi connectivity index (χ0) is 11.8. The van der Waals surface area contributed by atoms with Crippen molar-refractivity contribution < 1.29 is 4.79 Å². The molecule has 0 aromatic rings. The third kappa shape index (κ3) is 5.78. The molecule has 0 radical (unpaired) electrons. The Balaban J connectivity index is 3.87. The zero-order valence-corrected chi connectivity index (χ0v) is 10.8. The minimum atomic E-state index is 0.0867. The van der Waals surface area contributed by atoms with Crippen molar-refractivity contribution in [1.82, 2.24) is 10.2 Å². The standard InChI is InChI=1S/C12H26N2O/c1-6-14(7-2)12(15)11(5)9-13-8-10(3)4/h10-11,13H,6-9H2,1-5H3. The van der Waals surface area contributed by atoms with E-state index in [1.54, 1.807) is 0 Å². The summed E-state index contributed by atoms with van der Waals surface area (Å²) in [5, 5.41) is 3.32. The lowest BCUT2D eigenvalue weighted by Crippen LogP contribution is -2.39. The molecule has 3 heteroatoms. The van der Waals surface area contributed by atoms with Crippen LogP contribution >= 0.6 is 0 Å². The van der Waals surface area contributed by atoms with Crippen LogP contribution in [0.5, 0.6) is 0 Å². The fraction of sp³-hybridized carbons (Fsp3) is 0.917. The number of hydrogen-bond donors (Lipinski definition) is 1. The summed E-state index contributed by atoms with van der Waals surface area (Å²) in [4.78, 5) is 13.8. The summed E-state index contributed by atoms with van der Waals surface area (Å²) in [6.07, 6.45) is 0.